The summed E-state index contributed by atoms with van der Waals surface area (Å²) in [5.41, 5.74) is 1.54. The summed E-state index contributed by atoms with van der Waals surface area (Å²) in [5, 5.41) is 13.5. The van der Waals surface area contributed by atoms with Crippen LogP contribution in [0.1, 0.15) is 28.8 Å². The maximum Gasteiger partial charge on any atom is 0.252 e. The molecule has 8 heteroatoms. The lowest BCUT2D eigenvalue weighted by Crippen LogP contribution is -2.27. The van der Waals surface area contributed by atoms with E-state index in [9.17, 15) is 9.59 Å². The fourth-order valence-corrected chi connectivity index (χ4v) is 3.03. The lowest BCUT2D eigenvalue weighted by atomic mass is 10.2. The second-order valence-corrected chi connectivity index (χ2v) is 6.37. The molecule has 0 bridgehead atoms. The van der Waals surface area contributed by atoms with E-state index in [1.165, 1.54) is 11.3 Å². The summed E-state index contributed by atoms with van der Waals surface area (Å²) in [7, 11) is 0. The minimum absolute atomic E-state index is 0.0648. The van der Waals surface area contributed by atoms with Crippen LogP contribution < -0.4 is 10.6 Å². The van der Waals surface area contributed by atoms with E-state index in [-0.39, 0.29) is 11.8 Å². The van der Waals surface area contributed by atoms with E-state index in [0.29, 0.717) is 37.3 Å². The number of carbonyl (C=O) groups is 2. The van der Waals surface area contributed by atoms with Crippen molar-refractivity contribution in [2.75, 3.05) is 6.54 Å². The Morgan fingerprint density at radius 3 is 2.85 bits per heavy atom. The Hall–Kier alpha value is -3.00. The van der Waals surface area contributed by atoms with Crippen LogP contribution >= 0.6 is 11.3 Å². The monoisotopic (exact) mass is 369 g/mol. The van der Waals surface area contributed by atoms with Gasteiger partial charge in [-0.1, -0.05) is 6.07 Å². The highest BCUT2D eigenvalue weighted by Gasteiger charge is 2.09. The van der Waals surface area contributed by atoms with Gasteiger partial charge in [0.05, 0.1) is 0 Å². The Morgan fingerprint density at radius 2 is 2.08 bits per heavy atom. The molecule has 3 aromatic rings. The Morgan fingerprint density at radius 1 is 1.15 bits per heavy atom. The van der Waals surface area contributed by atoms with Crippen molar-refractivity contribution in [2.45, 2.75) is 19.4 Å². The molecule has 0 unspecified atom stereocenters. The minimum Gasteiger partial charge on any atom is -0.352 e. The third-order valence-corrected chi connectivity index (χ3v) is 4.40. The quantitative estimate of drug-likeness (QED) is 0.596. The zero-order chi connectivity index (χ0) is 18.2. The van der Waals surface area contributed by atoms with Crippen molar-refractivity contribution in [3.8, 4) is 5.82 Å². The van der Waals surface area contributed by atoms with Crippen LogP contribution in [0.3, 0.4) is 0 Å². The average Bonchev–Trinajstić information content (AvgIpc) is 3.37. The smallest absolute Gasteiger partial charge is 0.252 e. The summed E-state index contributed by atoms with van der Waals surface area (Å²) < 4.78 is 1.67. The lowest BCUT2D eigenvalue weighted by Gasteiger charge is -2.10. The van der Waals surface area contributed by atoms with Gasteiger partial charge in [-0.05, 0) is 30.0 Å². The van der Waals surface area contributed by atoms with Gasteiger partial charge in [-0.15, -0.1) is 0 Å². The number of nitrogens with one attached hydrogen (secondary N) is 2. The highest BCUT2D eigenvalue weighted by Crippen LogP contribution is 2.10. The van der Waals surface area contributed by atoms with Gasteiger partial charge in [0.15, 0.2) is 5.82 Å². The second-order valence-electron chi connectivity index (χ2n) is 5.58. The molecule has 0 spiro atoms. The number of rotatable bonds is 8. The van der Waals surface area contributed by atoms with Crippen LogP contribution in [0.25, 0.3) is 5.82 Å². The topological polar surface area (TPSA) is 88.9 Å². The van der Waals surface area contributed by atoms with Gasteiger partial charge in [-0.2, -0.15) is 16.4 Å². The zero-order valence-corrected chi connectivity index (χ0v) is 14.9. The van der Waals surface area contributed by atoms with Gasteiger partial charge in [0.2, 0.25) is 5.91 Å². The molecular formula is C18H19N5O2S. The van der Waals surface area contributed by atoms with Crippen LogP contribution in [0.2, 0.25) is 0 Å². The highest BCUT2D eigenvalue weighted by atomic mass is 32.1. The molecule has 0 aliphatic rings. The Labute approximate surface area is 155 Å². The number of hydrogen-bond donors (Lipinski definition) is 2. The van der Waals surface area contributed by atoms with Gasteiger partial charge in [-0.25, -0.2) is 9.67 Å². The first-order valence-electron chi connectivity index (χ1n) is 8.25. The van der Waals surface area contributed by atoms with Crippen LogP contribution in [-0.2, 0) is 11.3 Å². The Bertz CT molecular complexity index is 846. The normalized spacial score (nSPS) is 10.5. The molecule has 0 aliphatic carbocycles. The fourth-order valence-electron chi connectivity index (χ4n) is 2.40. The summed E-state index contributed by atoms with van der Waals surface area (Å²) in [6, 6.07) is 7.33. The zero-order valence-electron chi connectivity index (χ0n) is 14.1. The maximum absolute atomic E-state index is 12.0. The van der Waals surface area contributed by atoms with Crippen molar-refractivity contribution in [3.05, 3.63) is 64.7 Å². The lowest BCUT2D eigenvalue weighted by molar-refractivity contribution is -0.121. The van der Waals surface area contributed by atoms with Crippen molar-refractivity contribution in [1.82, 2.24) is 25.4 Å². The molecule has 0 fully saturated rings. The van der Waals surface area contributed by atoms with Crippen molar-refractivity contribution < 1.29 is 9.59 Å². The van der Waals surface area contributed by atoms with E-state index in [1.807, 2.05) is 29.8 Å². The summed E-state index contributed by atoms with van der Waals surface area (Å²) >= 11 is 1.48. The molecule has 0 saturated carbocycles. The van der Waals surface area contributed by atoms with E-state index >= 15 is 0 Å². The van der Waals surface area contributed by atoms with Gasteiger partial charge in [0, 0.05) is 54.6 Å². The molecule has 26 heavy (non-hydrogen) atoms. The highest BCUT2D eigenvalue weighted by molar-refractivity contribution is 7.08. The van der Waals surface area contributed by atoms with Crippen LogP contribution in [0.5, 0.6) is 0 Å². The second kappa shape index (κ2) is 8.91. The number of thiophene rings is 1. The standard InChI is InChI=1S/C18H19N5O2S/c24-16(5-2-8-20-18(25)15-6-11-26-13-15)21-12-14-4-1-7-19-17(14)23-10-3-9-22-23/h1,3-4,6-7,9-11,13H,2,5,8,12H2,(H,20,25)(H,21,24). The Balaban J connectivity index is 1.42. The summed E-state index contributed by atoms with van der Waals surface area (Å²) in [5.74, 6) is 0.525. The molecule has 0 aliphatic heterocycles. The molecule has 0 atom stereocenters. The third kappa shape index (κ3) is 4.76. The molecule has 7 nitrogen and oxygen atoms in total. The van der Waals surface area contributed by atoms with Gasteiger partial charge < -0.3 is 10.6 Å². The fraction of sp³-hybridized carbons (Fsp3) is 0.222. The molecule has 0 radical (unpaired) electrons. The first-order valence-corrected chi connectivity index (χ1v) is 9.19. The summed E-state index contributed by atoms with van der Waals surface area (Å²) in [4.78, 5) is 28.1. The van der Waals surface area contributed by atoms with Crippen LogP contribution in [0.4, 0.5) is 0 Å². The third-order valence-electron chi connectivity index (χ3n) is 3.71. The van der Waals surface area contributed by atoms with Gasteiger partial charge >= 0.3 is 0 Å². The number of pyridine rings is 1. The molecule has 2 amide bonds. The number of hydrogen-bond acceptors (Lipinski definition) is 5. The molecule has 3 heterocycles. The van der Waals surface area contributed by atoms with Crippen molar-refractivity contribution in [3.63, 3.8) is 0 Å². The number of nitrogens with zero attached hydrogens (tertiary/aromatic N) is 3. The van der Waals surface area contributed by atoms with Gasteiger partial charge in [-0.3, -0.25) is 9.59 Å². The van der Waals surface area contributed by atoms with Crippen molar-refractivity contribution in [1.29, 1.82) is 0 Å². The van der Waals surface area contributed by atoms with Crippen molar-refractivity contribution in [2.24, 2.45) is 0 Å². The predicted molar refractivity (Wildman–Crippen MR) is 99.1 cm³/mol. The first kappa shape index (κ1) is 17.8. The average molecular weight is 369 g/mol. The van der Waals surface area contributed by atoms with E-state index < -0.39 is 0 Å². The number of aromatic nitrogens is 3. The van der Waals surface area contributed by atoms with Crippen LogP contribution in [0.15, 0.2) is 53.6 Å². The largest absolute Gasteiger partial charge is 0.352 e. The van der Waals surface area contributed by atoms with E-state index in [4.69, 9.17) is 0 Å². The minimum atomic E-state index is -0.106. The van der Waals surface area contributed by atoms with Gasteiger partial charge in [0.25, 0.3) is 5.91 Å². The molecule has 0 aromatic carbocycles. The van der Waals surface area contributed by atoms with Crippen LogP contribution in [-0.4, -0.2) is 33.1 Å². The number of carbonyl (C=O) groups excluding carboxylic acids is 2. The predicted octanol–water partition coefficient (Wildman–Crippen LogP) is 2.16. The molecule has 134 valence electrons. The molecule has 3 aromatic heterocycles. The molecular weight excluding hydrogens is 350 g/mol. The molecule has 0 saturated heterocycles. The Kier molecular flexibility index (Phi) is 6.10. The molecule has 2 N–H and O–H groups in total. The van der Waals surface area contributed by atoms with E-state index in [2.05, 4.69) is 20.7 Å². The summed E-state index contributed by atoms with van der Waals surface area (Å²) in [6.45, 7) is 0.844. The van der Waals surface area contributed by atoms with E-state index in [0.717, 1.165) is 5.56 Å². The first-order chi connectivity index (χ1) is 12.7. The number of amides is 2. The van der Waals surface area contributed by atoms with Gasteiger partial charge in [0.1, 0.15) is 0 Å². The SMILES string of the molecule is O=C(CCCNC(=O)c1ccsc1)NCc1cccnc1-n1cccn1. The van der Waals surface area contributed by atoms with E-state index in [1.54, 1.807) is 28.5 Å². The summed E-state index contributed by atoms with van der Waals surface area (Å²) in [6.07, 6.45) is 6.12. The van der Waals surface area contributed by atoms with Crippen LogP contribution in [0, 0.1) is 0 Å². The maximum atomic E-state index is 12.0. The molecule has 3 rings (SSSR count). The van der Waals surface area contributed by atoms with Crippen molar-refractivity contribution >= 4 is 23.2 Å².